The maximum atomic E-state index is 3.62. The van der Waals surface area contributed by atoms with Crippen LogP contribution in [-0.4, -0.2) is 36.1 Å². The quantitative estimate of drug-likeness (QED) is 0.772. The molecule has 16 heavy (non-hydrogen) atoms. The molecule has 0 bridgehead atoms. The van der Waals surface area contributed by atoms with Crippen LogP contribution in [-0.2, 0) is 0 Å². The first-order valence-electron chi connectivity index (χ1n) is 7.34. The van der Waals surface area contributed by atoms with Crippen LogP contribution in [0.1, 0.15) is 58.8 Å². The molecular formula is C14H28N2. The van der Waals surface area contributed by atoms with Gasteiger partial charge in [0.1, 0.15) is 0 Å². The molecule has 0 aromatic heterocycles. The first-order valence-corrected chi connectivity index (χ1v) is 7.34. The molecule has 0 heterocycles. The molecule has 2 nitrogen and oxygen atoms in total. The summed E-state index contributed by atoms with van der Waals surface area (Å²) in [6.07, 6.45) is 10.0. The van der Waals surface area contributed by atoms with Gasteiger partial charge in [-0.05, 0) is 45.2 Å². The van der Waals surface area contributed by atoms with Gasteiger partial charge in [-0.15, -0.1) is 0 Å². The van der Waals surface area contributed by atoms with Crippen LogP contribution in [0.25, 0.3) is 0 Å². The molecule has 0 amide bonds. The number of hydrogen-bond donors (Lipinski definition) is 1. The van der Waals surface area contributed by atoms with E-state index < -0.39 is 0 Å². The second kappa shape index (κ2) is 6.02. The highest BCUT2D eigenvalue weighted by atomic mass is 15.2. The highest BCUT2D eigenvalue weighted by Gasteiger charge is 2.32. The fourth-order valence-electron chi connectivity index (χ4n) is 3.78. The van der Waals surface area contributed by atoms with E-state index in [-0.39, 0.29) is 0 Å². The van der Waals surface area contributed by atoms with E-state index in [1.165, 1.54) is 51.5 Å². The Balaban J connectivity index is 1.85. The third kappa shape index (κ3) is 2.78. The van der Waals surface area contributed by atoms with Gasteiger partial charge in [-0.2, -0.15) is 0 Å². The molecule has 2 rings (SSSR count). The van der Waals surface area contributed by atoms with Gasteiger partial charge in [-0.3, -0.25) is 4.90 Å². The van der Waals surface area contributed by atoms with Crippen molar-refractivity contribution in [3.8, 4) is 0 Å². The van der Waals surface area contributed by atoms with Crippen molar-refractivity contribution in [2.24, 2.45) is 0 Å². The van der Waals surface area contributed by atoms with E-state index in [4.69, 9.17) is 0 Å². The monoisotopic (exact) mass is 224 g/mol. The van der Waals surface area contributed by atoms with Gasteiger partial charge in [0.2, 0.25) is 0 Å². The Labute approximate surface area is 101 Å². The summed E-state index contributed by atoms with van der Waals surface area (Å²) in [5.74, 6) is 0. The van der Waals surface area contributed by atoms with E-state index in [2.05, 4.69) is 24.1 Å². The molecule has 2 aliphatic rings. The minimum Gasteiger partial charge on any atom is -0.314 e. The summed E-state index contributed by atoms with van der Waals surface area (Å²) < 4.78 is 0. The number of nitrogens with one attached hydrogen (secondary N) is 1. The first kappa shape index (κ1) is 12.4. The summed E-state index contributed by atoms with van der Waals surface area (Å²) in [6.45, 7) is 6.96. The Bertz CT molecular complexity index is 199. The minimum absolute atomic E-state index is 0.797. The Morgan fingerprint density at radius 1 is 1.00 bits per heavy atom. The minimum atomic E-state index is 0.797. The molecule has 0 aromatic carbocycles. The summed E-state index contributed by atoms with van der Waals surface area (Å²) in [7, 11) is 0. The van der Waals surface area contributed by atoms with E-state index in [9.17, 15) is 0 Å². The number of nitrogens with zero attached hydrogens (tertiary/aromatic N) is 1. The van der Waals surface area contributed by atoms with Crippen LogP contribution in [0.4, 0.5) is 0 Å². The predicted molar refractivity (Wildman–Crippen MR) is 69.7 cm³/mol. The molecule has 2 fully saturated rings. The van der Waals surface area contributed by atoms with E-state index in [0.29, 0.717) is 0 Å². The topological polar surface area (TPSA) is 15.3 Å². The van der Waals surface area contributed by atoms with Gasteiger partial charge in [-0.25, -0.2) is 0 Å². The molecule has 2 unspecified atom stereocenters. The van der Waals surface area contributed by atoms with Crippen molar-refractivity contribution in [2.45, 2.75) is 76.9 Å². The average Bonchev–Trinajstić information content (AvgIpc) is 2.92. The van der Waals surface area contributed by atoms with E-state index in [1.807, 2.05) is 0 Å². The SMILES string of the molecule is CCNC1CCC(N(CC)C2CCCC2)C1. The summed E-state index contributed by atoms with van der Waals surface area (Å²) in [6, 6.07) is 2.58. The normalized spacial score (nSPS) is 31.7. The van der Waals surface area contributed by atoms with Crippen LogP contribution in [0.5, 0.6) is 0 Å². The van der Waals surface area contributed by atoms with Crippen LogP contribution >= 0.6 is 0 Å². The second-order valence-electron chi connectivity index (χ2n) is 5.49. The Hall–Kier alpha value is -0.0800. The molecule has 2 atom stereocenters. The van der Waals surface area contributed by atoms with Gasteiger partial charge in [-0.1, -0.05) is 26.7 Å². The lowest BCUT2D eigenvalue weighted by Crippen LogP contribution is -2.41. The Kier molecular flexibility index (Phi) is 4.66. The van der Waals surface area contributed by atoms with E-state index in [0.717, 1.165) is 24.7 Å². The summed E-state index contributed by atoms with van der Waals surface area (Å²) >= 11 is 0. The molecule has 0 aliphatic heterocycles. The summed E-state index contributed by atoms with van der Waals surface area (Å²) in [4.78, 5) is 2.81. The summed E-state index contributed by atoms with van der Waals surface area (Å²) in [5, 5.41) is 3.62. The van der Waals surface area contributed by atoms with Crippen molar-refractivity contribution < 1.29 is 0 Å². The van der Waals surface area contributed by atoms with Crippen molar-refractivity contribution in [1.82, 2.24) is 10.2 Å². The second-order valence-corrected chi connectivity index (χ2v) is 5.49. The molecule has 2 heteroatoms. The van der Waals surface area contributed by atoms with Crippen molar-refractivity contribution >= 4 is 0 Å². The molecule has 0 spiro atoms. The van der Waals surface area contributed by atoms with Crippen LogP contribution in [0, 0.1) is 0 Å². The first-order chi connectivity index (χ1) is 7.85. The maximum absolute atomic E-state index is 3.62. The lowest BCUT2D eigenvalue weighted by atomic mass is 10.1. The Morgan fingerprint density at radius 2 is 1.75 bits per heavy atom. The molecule has 0 radical (unpaired) electrons. The van der Waals surface area contributed by atoms with Gasteiger partial charge >= 0.3 is 0 Å². The molecule has 94 valence electrons. The zero-order valence-corrected chi connectivity index (χ0v) is 11.0. The van der Waals surface area contributed by atoms with E-state index >= 15 is 0 Å². The zero-order valence-electron chi connectivity index (χ0n) is 11.0. The smallest absolute Gasteiger partial charge is 0.0113 e. The summed E-state index contributed by atoms with van der Waals surface area (Å²) in [5.41, 5.74) is 0. The standard InChI is InChI=1S/C14H28N2/c1-3-15-12-9-10-14(11-12)16(4-2)13-7-5-6-8-13/h12-15H,3-11H2,1-2H3. The Morgan fingerprint density at radius 3 is 2.38 bits per heavy atom. The highest BCUT2D eigenvalue weighted by molar-refractivity contribution is 4.90. The molecule has 1 N–H and O–H groups in total. The van der Waals surface area contributed by atoms with Crippen LogP contribution < -0.4 is 5.32 Å². The van der Waals surface area contributed by atoms with Crippen LogP contribution in [0.2, 0.25) is 0 Å². The number of rotatable bonds is 5. The fourth-order valence-corrected chi connectivity index (χ4v) is 3.78. The van der Waals surface area contributed by atoms with Gasteiger partial charge in [0.05, 0.1) is 0 Å². The van der Waals surface area contributed by atoms with Crippen molar-refractivity contribution in [2.75, 3.05) is 13.1 Å². The lowest BCUT2D eigenvalue weighted by Gasteiger charge is -2.33. The third-order valence-electron chi connectivity index (χ3n) is 4.53. The van der Waals surface area contributed by atoms with E-state index in [1.54, 1.807) is 0 Å². The molecule has 2 saturated carbocycles. The molecule has 0 saturated heterocycles. The maximum Gasteiger partial charge on any atom is 0.0113 e. The largest absolute Gasteiger partial charge is 0.314 e. The van der Waals surface area contributed by atoms with Gasteiger partial charge in [0.25, 0.3) is 0 Å². The van der Waals surface area contributed by atoms with Crippen molar-refractivity contribution in [3.05, 3.63) is 0 Å². The van der Waals surface area contributed by atoms with Crippen molar-refractivity contribution in [3.63, 3.8) is 0 Å². The zero-order chi connectivity index (χ0) is 11.4. The predicted octanol–water partition coefficient (Wildman–Crippen LogP) is 2.78. The van der Waals surface area contributed by atoms with Crippen LogP contribution in [0.3, 0.4) is 0 Å². The number of hydrogen-bond acceptors (Lipinski definition) is 2. The van der Waals surface area contributed by atoms with Crippen LogP contribution in [0.15, 0.2) is 0 Å². The third-order valence-corrected chi connectivity index (χ3v) is 4.53. The molecule has 0 aromatic rings. The highest BCUT2D eigenvalue weighted by Crippen LogP contribution is 2.31. The molecular weight excluding hydrogens is 196 g/mol. The van der Waals surface area contributed by atoms with Gasteiger partial charge in [0.15, 0.2) is 0 Å². The average molecular weight is 224 g/mol. The fraction of sp³-hybridized carbons (Fsp3) is 1.00. The lowest BCUT2D eigenvalue weighted by molar-refractivity contribution is 0.143. The molecule has 2 aliphatic carbocycles. The van der Waals surface area contributed by atoms with Gasteiger partial charge < -0.3 is 5.32 Å². The van der Waals surface area contributed by atoms with Gasteiger partial charge in [0, 0.05) is 18.1 Å². The van der Waals surface area contributed by atoms with Crippen molar-refractivity contribution in [1.29, 1.82) is 0 Å².